The summed E-state index contributed by atoms with van der Waals surface area (Å²) in [6.07, 6.45) is 3.33. The van der Waals surface area contributed by atoms with Crippen LogP contribution in [0.5, 0.6) is 5.88 Å². The summed E-state index contributed by atoms with van der Waals surface area (Å²) < 4.78 is 0. The molecular weight excluding hydrogens is 118 g/mol. The molecule has 0 aliphatic carbocycles. The first-order valence-electron chi connectivity index (χ1n) is 2.57. The van der Waals surface area contributed by atoms with E-state index in [0.717, 1.165) is 5.39 Å². The summed E-state index contributed by atoms with van der Waals surface area (Å²) >= 11 is 0. The number of nitrogens with one attached hydrogen (secondary N) is 2. The third-order valence-electron chi connectivity index (χ3n) is 1.27. The monoisotopic (exact) mass is 123 g/mol. The van der Waals surface area contributed by atoms with Gasteiger partial charge < -0.3 is 10.1 Å². The van der Waals surface area contributed by atoms with Gasteiger partial charge in [-0.25, -0.2) is 0 Å². The molecule has 0 aromatic carbocycles. The van der Waals surface area contributed by atoms with Crippen molar-refractivity contribution in [1.82, 2.24) is 15.2 Å². The molecule has 0 spiro atoms. The van der Waals surface area contributed by atoms with Gasteiger partial charge in [-0.1, -0.05) is 0 Å². The highest BCUT2D eigenvalue weighted by molar-refractivity contribution is 5.82. The van der Waals surface area contributed by atoms with Crippen molar-refractivity contribution in [1.29, 1.82) is 0 Å². The summed E-state index contributed by atoms with van der Waals surface area (Å²) in [6, 6.07) is 0. The Bertz CT molecular complexity index is 321. The van der Waals surface area contributed by atoms with Crippen LogP contribution in [0.4, 0.5) is 0 Å². The zero-order valence-electron chi connectivity index (χ0n) is 4.55. The number of aromatic amines is 2. The van der Waals surface area contributed by atoms with Gasteiger partial charge in [-0.3, -0.25) is 5.10 Å². The Morgan fingerprint density at radius 1 is 1.56 bits per heavy atom. The number of hydrogen-bond acceptors (Lipinski definition) is 2. The van der Waals surface area contributed by atoms with Crippen LogP contribution in [0.25, 0.3) is 10.9 Å². The van der Waals surface area contributed by atoms with Crippen molar-refractivity contribution in [2.24, 2.45) is 0 Å². The van der Waals surface area contributed by atoms with Crippen LogP contribution in [-0.2, 0) is 0 Å². The van der Waals surface area contributed by atoms with Crippen LogP contribution in [0.15, 0.2) is 12.4 Å². The number of hydrogen-bond donors (Lipinski definition) is 3. The van der Waals surface area contributed by atoms with Crippen molar-refractivity contribution in [3.8, 4) is 5.88 Å². The van der Waals surface area contributed by atoms with Gasteiger partial charge in [0.1, 0.15) is 5.52 Å². The first kappa shape index (κ1) is 4.43. The van der Waals surface area contributed by atoms with Crippen molar-refractivity contribution in [2.45, 2.75) is 0 Å². The summed E-state index contributed by atoms with van der Waals surface area (Å²) in [5.41, 5.74) is 0.662. The van der Waals surface area contributed by atoms with Crippen LogP contribution in [0.2, 0.25) is 0 Å². The lowest BCUT2D eigenvalue weighted by molar-refractivity contribution is 0.461. The van der Waals surface area contributed by atoms with Crippen molar-refractivity contribution >= 4 is 10.9 Å². The van der Waals surface area contributed by atoms with E-state index >= 15 is 0 Å². The topological polar surface area (TPSA) is 64.7 Å². The van der Waals surface area contributed by atoms with Gasteiger partial charge >= 0.3 is 0 Å². The molecule has 2 aromatic rings. The summed E-state index contributed by atoms with van der Waals surface area (Å²) in [5.74, 6) is 0.141. The van der Waals surface area contributed by atoms with E-state index < -0.39 is 0 Å². The number of nitrogens with zero attached hydrogens (tertiary/aromatic N) is 1. The third kappa shape index (κ3) is 0.440. The minimum Gasteiger partial charge on any atom is -0.493 e. The molecular formula is C5H5N3O. The second-order valence-electron chi connectivity index (χ2n) is 1.84. The molecule has 0 unspecified atom stereocenters. The lowest BCUT2D eigenvalue weighted by atomic mass is 10.4. The van der Waals surface area contributed by atoms with Crippen molar-refractivity contribution < 1.29 is 5.11 Å². The second kappa shape index (κ2) is 1.28. The maximum atomic E-state index is 8.97. The summed E-state index contributed by atoms with van der Waals surface area (Å²) in [6.45, 7) is 0. The van der Waals surface area contributed by atoms with Gasteiger partial charge in [-0.2, -0.15) is 5.10 Å². The highest BCUT2D eigenvalue weighted by atomic mass is 16.3. The molecule has 0 amide bonds. The number of rotatable bonds is 0. The third-order valence-corrected chi connectivity index (χ3v) is 1.27. The smallest absolute Gasteiger partial charge is 0.215 e. The van der Waals surface area contributed by atoms with Crippen LogP contribution >= 0.6 is 0 Å². The normalized spacial score (nSPS) is 10.7. The summed E-state index contributed by atoms with van der Waals surface area (Å²) in [4.78, 5) is 2.64. The molecule has 0 saturated carbocycles. The molecule has 0 bridgehead atoms. The molecule has 2 heterocycles. The predicted molar refractivity (Wildman–Crippen MR) is 32.1 cm³/mol. The van der Waals surface area contributed by atoms with E-state index in [0.29, 0.717) is 5.52 Å². The fraction of sp³-hybridized carbons (Fsp3) is 0. The molecule has 46 valence electrons. The lowest BCUT2D eigenvalue weighted by Gasteiger charge is -1.77. The Balaban J connectivity index is 2.99. The summed E-state index contributed by atoms with van der Waals surface area (Å²) in [7, 11) is 0. The second-order valence-corrected chi connectivity index (χ2v) is 1.84. The van der Waals surface area contributed by atoms with Crippen molar-refractivity contribution in [3.63, 3.8) is 0 Å². The van der Waals surface area contributed by atoms with E-state index in [4.69, 9.17) is 5.11 Å². The SMILES string of the molecule is Oc1[nH]cc2cn[nH]c12. The molecule has 0 aliphatic rings. The highest BCUT2D eigenvalue weighted by Crippen LogP contribution is 2.18. The van der Waals surface area contributed by atoms with Gasteiger partial charge in [0.05, 0.1) is 6.20 Å². The van der Waals surface area contributed by atoms with Gasteiger partial charge in [0.2, 0.25) is 5.88 Å². The molecule has 0 radical (unpaired) electrons. The van der Waals surface area contributed by atoms with E-state index in [-0.39, 0.29) is 5.88 Å². The fourth-order valence-electron chi connectivity index (χ4n) is 0.813. The minimum absolute atomic E-state index is 0.141. The van der Waals surface area contributed by atoms with Crippen molar-refractivity contribution in [2.75, 3.05) is 0 Å². The van der Waals surface area contributed by atoms with Crippen LogP contribution in [0.3, 0.4) is 0 Å². The summed E-state index contributed by atoms with van der Waals surface area (Å²) in [5, 5.41) is 16.2. The maximum Gasteiger partial charge on any atom is 0.215 e. The Hall–Kier alpha value is -1.45. The molecule has 9 heavy (non-hydrogen) atoms. The minimum atomic E-state index is 0.141. The standard InChI is InChI=1S/C5H5N3O/c9-5-4-3(1-6-5)2-7-8-4/h1-2,6,8-9H. The quantitative estimate of drug-likeness (QED) is 0.480. The van der Waals surface area contributed by atoms with Crippen LogP contribution in [-0.4, -0.2) is 20.3 Å². The first-order chi connectivity index (χ1) is 4.38. The van der Waals surface area contributed by atoms with Crippen LogP contribution in [0, 0.1) is 0 Å². The number of aromatic nitrogens is 3. The number of fused-ring (bicyclic) bond motifs is 1. The fourth-order valence-corrected chi connectivity index (χ4v) is 0.813. The molecule has 0 atom stereocenters. The van der Waals surface area contributed by atoms with Gasteiger partial charge in [0, 0.05) is 11.6 Å². The zero-order valence-corrected chi connectivity index (χ0v) is 4.55. The van der Waals surface area contributed by atoms with E-state index in [9.17, 15) is 0 Å². The first-order valence-corrected chi connectivity index (χ1v) is 2.57. The van der Waals surface area contributed by atoms with Crippen LogP contribution < -0.4 is 0 Å². The van der Waals surface area contributed by atoms with E-state index in [1.165, 1.54) is 0 Å². The van der Waals surface area contributed by atoms with E-state index in [1.54, 1.807) is 12.4 Å². The Labute approximate surface area is 50.5 Å². The number of H-pyrrole nitrogens is 2. The number of aromatic hydroxyl groups is 1. The molecule has 0 fully saturated rings. The Morgan fingerprint density at radius 3 is 3.22 bits per heavy atom. The van der Waals surface area contributed by atoms with Crippen molar-refractivity contribution in [3.05, 3.63) is 12.4 Å². The highest BCUT2D eigenvalue weighted by Gasteiger charge is 2.00. The van der Waals surface area contributed by atoms with Gasteiger partial charge in [0.15, 0.2) is 0 Å². The van der Waals surface area contributed by atoms with E-state index in [1.807, 2.05) is 0 Å². The molecule has 0 aliphatic heterocycles. The molecule has 2 rings (SSSR count). The molecule has 3 N–H and O–H groups in total. The Morgan fingerprint density at radius 2 is 2.44 bits per heavy atom. The molecule has 4 heteroatoms. The van der Waals surface area contributed by atoms with Crippen LogP contribution in [0.1, 0.15) is 0 Å². The van der Waals surface area contributed by atoms with Gasteiger partial charge in [-0.05, 0) is 0 Å². The largest absolute Gasteiger partial charge is 0.493 e. The predicted octanol–water partition coefficient (Wildman–Crippen LogP) is 0.597. The van der Waals surface area contributed by atoms with E-state index in [2.05, 4.69) is 15.2 Å². The average Bonchev–Trinajstić information content (AvgIpc) is 2.35. The average molecular weight is 123 g/mol. The molecule has 2 aromatic heterocycles. The lowest BCUT2D eigenvalue weighted by Crippen LogP contribution is -1.65. The van der Waals surface area contributed by atoms with Gasteiger partial charge in [0.25, 0.3) is 0 Å². The Kier molecular flexibility index (Phi) is 0.631. The molecule has 4 nitrogen and oxygen atoms in total. The zero-order chi connectivity index (χ0) is 6.27. The van der Waals surface area contributed by atoms with Gasteiger partial charge in [-0.15, -0.1) is 0 Å². The maximum absolute atomic E-state index is 8.97. The molecule has 0 saturated heterocycles.